The van der Waals surface area contributed by atoms with Gasteiger partial charge in [-0.2, -0.15) is 0 Å². The Morgan fingerprint density at radius 1 is 1.00 bits per heavy atom. The van der Waals surface area contributed by atoms with Gasteiger partial charge in [-0.3, -0.25) is 4.79 Å². The molecule has 0 aliphatic carbocycles. The molecule has 0 unspecified atom stereocenters. The number of carbonyl (C=O) groups excluding carboxylic acids is 2. The summed E-state index contributed by atoms with van der Waals surface area (Å²) in [7, 11) is 1.29. The van der Waals surface area contributed by atoms with E-state index in [-0.39, 0.29) is 11.1 Å². The van der Waals surface area contributed by atoms with Crippen LogP contribution in [0.15, 0.2) is 60.9 Å². The number of aryl methyl sites for hydroxylation is 1. The zero-order valence-corrected chi connectivity index (χ0v) is 15.6. The first kappa shape index (κ1) is 19.0. The maximum atomic E-state index is 12.4. The molecule has 0 saturated carbocycles. The number of esters is 1. The minimum atomic E-state index is -0.525. The summed E-state index contributed by atoms with van der Waals surface area (Å²) < 4.78 is 4.73. The normalized spacial score (nSPS) is 10.2. The molecule has 3 rings (SSSR count). The number of rotatable bonds is 6. The summed E-state index contributed by atoms with van der Waals surface area (Å²) in [6.45, 7) is 2.62. The Hall–Kier alpha value is -3.74. The average Bonchev–Trinajstić information content (AvgIpc) is 2.73. The molecule has 142 valence electrons. The van der Waals surface area contributed by atoms with Crippen LogP contribution in [0.2, 0.25) is 0 Å². The van der Waals surface area contributed by atoms with Gasteiger partial charge in [-0.15, -0.1) is 0 Å². The lowest BCUT2D eigenvalue weighted by Crippen LogP contribution is -2.16. The van der Waals surface area contributed by atoms with Crippen LogP contribution in [-0.4, -0.2) is 29.0 Å². The van der Waals surface area contributed by atoms with Crippen molar-refractivity contribution in [2.24, 2.45) is 0 Å². The first-order valence-electron chi connectivity index (χ1n) is 8.67. The van der Waals surface area contributed by atoms with Crippen molar-refractivity contribution >= 4 is 23.5 Å². The Bertz CT molecular complexity index is 970. The Morgan fingerprint density at radius 2 is 1.68 bits per heavy atom. The highest BCUT2D eigenvalue weighted by atomic mass is 16.5. The fourth-order valence-electron chi connectivity index (χ4n) is 2.50. The van der Waals surface area contributed by atoms with Crippen molar-refractivity contribution in [2.75, 3.05) is 17.7 Å². The van der Waals surface area contributed by atoms with Crippen LogP contribution in [-0.2, 0) is 11.3 Å². The van der Waals surface area contributed by atoms with Gasteiger partial charge >= 0.3 is 5.97 Å². The summed E-state index contributed by atoms with van der Waals surface area (Å²) in [5.41, 5.74) is 3.22. The van der Waals surface area contributed by atoms with Gasteiger partial charge in [-0.1, -0.05) is 42.0 Å². The number of hydrogen-bond donors (Lipinski definition) is 2. The monoisotopic (exact) mass is 376 g/mol. The SMILES string of the molecule is COC(=O)c1ccccc1NC(=O)c1cnc(NCc2ccc(C)cc2)nc1. The molecule has 0 aliphatic heterocycles. The van der Waals surface area contributed by atoms with E-state index in [1.54, 1.807) is 24.3 Å². The smallest absolute Gasteiger partial charge is 0.339 e. The molecule has 0 spiro atoms. The molecular formula is C21H20N4O3. The lowest BCUT2D eigenvalue weighted by Gasteiger charge is -2.10. The fraction of sp³-hybridized carbons (Fsp3) is 0.143. The number of aromatic nitrogens is 2. The predicted octanol–water partition coefficient (Wildman–Crippen LogP) is 3.44. The molecule has 0 saturated heterocycles. The molecule has 1 amide bonds. The highest BCUT2D eigenvalue weighted by Gasteiger charge is 2.14. The second kappa shape index (κ2) is 8.77. The molecule has 0 fully saturated rings. The van der Waals surface area contributed by atoms with Crippen LogP contribution in [0.1, 0.15) is 31.8 Å². The maximum absolute atomic E-state index is 12.4. The Balaban J connectivity index is 1.64. The summed E-state index contributed by atoms with van der Waals surface area (Å²) in [6.07, 6.45) is 2.86. The maximum Gasteiger partial charge on any atom is 0.339 e. The van der Waals surface area contributed by atoms with Crippen LogP contribution in [0.25, 0.3) is 0 Å². The van der Waals surface area contributed by atoms with Crippen LogP contribution >= 0.6 is 0 Å². The van der Waals surface area contributed by atoms with Gasteiger partial charge in [0, 0.05) is 18.9 Å². The molecule has 0 aliphatic rings. The summed E-state index contributed by atoms with van der Waals surface area (Å²) in [4.78, 5) is 32.6. The molecule has 28 heavy (non-hydrogen) atoms. The van der Waals surface area contributed by atoms with Gasteiger partial charge < -0.3 is 15.4 Å². The number of anilines is 2. The average molecular weight is 376 g/mol. The fourth-order valence-corrected chi connectivity index (χ4v) is 2.50. The van der Waals surface area contributed by atoms with Crippen molar-refractivity contribution in [3.05, 3.63) is 83.2 Å². The highest BCUT2D eigenvalue weighted by Crippen LogP contribution is 2.17. The molecule has 1 heterocycles. The standard InChI is InChI=1S/C21H20N4O3/c1-14-7-9-15(10-8-14)11-22-21-23-12-16(13-24-21)19(26)25-18-6-4-3-5-17(18)20(27)28-2/h3-10,12-13H,11H2,1-2H3,(H,25,26)(H,22,23,24). The van der Waals surface area contributed by atoms with E-state index in [9.17, 15) is 9.59 Å². The quantitative estimate of drug-likeness (QED) is 0.640. The van der Waals surface area contributed by atoms with Gasteiger partial charge in [0.05, 0.1) is 23.9 Å². The van der Waals surface area contributed by atoms with Gasteiger partial charge in [0.15, 0.2) is 0 Å². The van der Waals surface area contributed by atoms with E-state index < -0.39 is 11.9 Å². The predicted molar refractivity (Wildman–Crippen MR) is 106 cm³/mol. The summed E-state index contributed by atoms with van der Waals surface area (Å²) in [5.74, 6) is -0.517. The third-order valence-corrected chi connectivity index (χ3v) is 4.07. The van der Waals surface area contributed by atoms with Gasteiger partial charge in [-0.25, -0.2) is 14.8 Å². The van der Waals surface area contributed by atoms with Gasteiger partial charge in [0.2, 0.25) is 5.95 Å². The Labute approximate surface area is 162 Å². The number of methoxy groups -OCH3 is 1. The first-order chi connectivity index (χ1) is 13.6. The van der Waals surface area contributed by atoms with E-state index >= 15 is 0 Å². The van der Waals surface area contributed by atoms with Crippen LogP contribution in [0, 0.1) is 6.92 Å². The van der Waals surface area contributed by atoms with E-state index in [1.165, 1.54) is 25.1 Å². The van der Waals surface area contributed by atoms with E-state index in [0.717, 1.165) is 5.56 Å². The van der Waals surface area contributed by atoms with Crippen LogP contribution in [0.5, 0.6) is 0 Å². The van der Waals surface area contributed by atoms with Crippen molar-refractivity contribution in [3.8, 4) is 0 Å². The number of nitrogens with one attached hydrogen (secondary N) is 2. The topological polar surface area (TPSA) is 93.2 Å². The second-order valence-electron chi connectivity index (χ2n) is 6.13. The van der Waals surface area contributed by atoms with Gasteiger partial charge in [-0.05, 0) is 24.6 Å². The molecule has 2 N–H and O–H groups in total. The molecule has 3 aromatic rings. The first-order valence-corrected chi connectivity index (χ1v) is 8.67. The highest BCUT2D eigenvalue weighted by molar-refractivity contribution is 6.07. The number of carbonyl (C=O) groups is 2. The number of benzene rings is 2. The Morgan fingerprint density at radius 3 is 2.36 bits per heavy atom. The van der Waals surface area contributed by atoms with Crippen molar-refractivity contribution < 1.29 is 14.3 Å². The zero-order chi connectivity index (χ0) is 19.9. The molecule has 7 heteroatoms. The molecule has 0 bridgehead atoms. The lowest BCUT2D eigenvalue weighted by atomic mass is 10.1. The summed E-state index contributed by atoms with van der Waals surface area (Å²) in [5, 5.41) is 5.80. The van der Waals surface area contributed by atoms with E-state index in [0.29, 0.717) is 18.2 Å². The van der Waals surface area contributed by atoms with E-state index in [1.807, 2.05) is 31.2 Å². The van der Waals surface area contributed by atoms with Crippen molar-refractivity contribution in [1.82, 2.24) is 9.97 Å². The van der Waals surface area contributed by atoms with Crippen molar-refractivity contribution in [1.29, 1.82) is 0 Å². The number of nitrogens with zero attached hydrogens (tertiary/aromatic N) is 2. The largest absolute Gasteiger partial charge is 0.465 e. The van der Waals surface area contributed by atoms with E-state index in [2.05, 4.69) is 20.6 Å². The minimum absolute atomic E-state index is 0.274. The molecule has 7 nitrogen and oxygen atoms in total. The molecule has 2 aromatic carbocycles. The molecule has 0 radical (unpaired) electrons. The van der Waals surface area contributed by atoms with Crippen LogP contribution in [0.3, 0.4) is 0 Å². The van der Waals surface area contributed by atoms with Gasteiger partial charge in [0.25, 0.3) is 5.91 Å². The van der Waals surface area contributed by atoms with E-state index in [4.69, 9.17) is 4.74 Å². The van der Waals surface area contributed by atoms with Crippen LogP contribution < -0.4 is 10.6 Å². The Kier molecular flexibility index (Phi) is 5.96. The third kappa shape index (κ3) is 4.70. The van der Waals surface area contributed by atoms with Crippen LogP contribution in [0.4, 0.5) is 11.6 Å². The van der Waals surface area contributed by atoms with Crippen molar-refractivity contribution in [3.63, 3.8) is 0 Å². The third-order valence-electron chi connectivity index (χ3n) is 4.07. The number of hydrogen-bond acceptors (Lipinski definition) is 6. The summed E-state index contributed by atoms with van der Waals surface area (Å²) in [6, 6.07) is 14.8. The minimum Gasteiger partial charge on any atom is -0.465 e. The zero-order valence-electron chi connectivity index (χ0n) is 15.6. The number of para-hydroxylation sites is 1. The second-order valence-corrected chi connectivity index (χ2v) is 6.13. The molecule has 0 atom stereocenters. The molecular weight excluding hydrogens is 356 g/mol. The lowest BCUT2D eigenvalue weighted by molar-refractivity contribution is 0.0602. The number of amides is 1. The van der Waals surface area contributed by atoms with Gasteiger partial charge in [0.1, 0.15) is 0 Å². The van der Waals surface area contributed by atoms with Crippen molar-refractivity contribution in [2.45, 2.75) is 13.5 Å². The number of ether oxygens (including phenoxy) is 1. The summed E-state index contributed by atoms with van der Waals surface area (Å²) >= 11 is 0. The molecule has 1 aromatic heterocycles.